The zero-order chi connectivity index (χ0) is 8.97. The first-order valence-electron chi connectivity index (χ1n) is 3.48. The summed E-state index contributed by atoms with van der Waals surface area (Å²) < 4.78 is 0. The van der Waals surface area contributed by atoms with Crippen molar-refractivity contribution >= 4 is 11.8 Å². The van der Waals surface area contributed by atoms with Gasteiger partial charge in [0.05, 0.1) is 0 Å². The van der Waals surface area contributed by atoms with E-state index in [0.29, 0.717) is 5.56 Å². The number of benzene rings is 1. The molecule has 1 aromatic rings. The van der Waals surface area contributed by atoms with Gasteiger partial charge in [0.25, 0.3) is 0 Å². The molecule has 0 fully saturated rings. The van der Waals surface area contributed by atoms with Crippen LogP contribution in [-0.2, 0) is 16.0 Å². The second-order valence-electron chi connectivity index (χ2n) is 2.37. The molecule has 0 bridgehead atoms. The molecule has 0 aliphatic rings. The third-order valence-corrected chi connectivity index (χ3v) is 1.44. The summed E-state index contributed by atoms with van der Waals surface area (Å²) in [4.78, 5) is 20.7. The zero-order valence-corrected chi connectivity index (χ0v) is 9.32. The SMILES string of the molecule is O=C([O-])C(=O)C[13c]1ccccc1.[Na+]. The molecule has 0 heterocycles. The van der Waals surface area contributed by atoms with Crippen LogP contribution in [0.1, 0.15) is 5.56 Å². The Morgan fingerprint density at radius 3 is 2.15 bits per heavy atom. The van der Waals surface area contributed by atoms with Crippen molar-refractivity contribution in [2.75, 3.05) is 0 Å². The van der Waals surface area contributed by atoms with Gasteiger partial charge in [0, 0.05) is 6.42 Å². The summed E-state index contributed by atoms with van der Waals surface area (Å²) in [5.74, 6) is -2.51. The van der Waals surface area contributed by atoms with Gasteiger partial charge < -0.3 is 9.90 Å². The van der Waals surface area contributed by atoms with Crippen LogP contribution in [0.15, 0.2) is 30.3 Å². The van der Waals surface area contributed by atoms with E-state index in [0.717, 1.165) is 0 Å². The van der Waals surface area contributed by atoms with Gasteiger partial charge in [0.15, 0.2) is 5.78 Å². The molecule has 62 valence electrons. The summed E-state index contributed by atoms with van der Waals surface area (Å²) in [5.41, 5.74) is 0.687. The quantitative estimate of drug-likeness (QED) is 0.365. The molecule has 1 aromatic carbocycles. The fourth-order valence-corrected chi connectivity index (χ4v) is 0.853. The van der Waals surface area contributed by atoms with Crippen LogP contribution < -0.4 is 34.7 Å². The van der Waals surface area contributed by atoms with Gasteiger partial charge in [-0.3, -0.25) is 4.79 Å². The van der Waals surface area contributed by atoms with Crippen LogP contribution in [0.3, 0.4) is 0 Å². The molecule has 0 saturated carbocycles. The van der Waals surface area contributed by atoms with Gasteiger partial charge >= 0.3 is 29.6 Å². The molecule has 0 unspecified atom stereocenters. The molecule has 0 spiro atoms. The van der Waals surface area contributed by atoms with Crippen molar-refractivity contribution in [1.82, 2.24) is 0 Å². The molecule has 1 rings (SSSR count). The van der Waals surface area contributed by atoms with Crippen molar-refractivity contribution in [3.8, 4) is 0 Å². The number of Topliss-reactive ketones (excluding diaryl/α,β-unsaturated/α-hetero) is 1. The van der Waals surface area contributed by atoms with E-state index in [1.54, 1.807) is 30.3 Å². The second kappa shape index (κ2) is 5.91. The third-order valence-electron chi connectivity index (χ3n) is 1.44. The van der Waals surface area contributed by atoms with E-state index in [4.69, 9.17) is 0 Å². The summed E-state index contributed by atoms with van der Waals surface area (Å²) in [5, 5.41) is 10.0. The number of hydrogen-bond donors (Lipinski definition) is 0. The van der Waals surface area contributed by atoms with Gasteiger partial charge in [-0.15, -0.1) is 0 Å². The monoisotopic (exact) mass is 187 g/mol. The van der Waals surface area contributed by atoms with Crippen LogP contribution in [0, 0.1) is 0 Å². The first kappa shape index (κ1) is 12.4. The maximum Gasteiger partial charge on any atom is 1.00 e. The van der Waals surface area contributed by atoms with Crippen LogP contribution >= 0.6 is 0 Å². The number of carbonyl (C=O) groups excluding carboxylic acids is 2. The molecule has 0 radical (unpaired) electrons. The van der Waals surface area contributed by atoms with Crippen LogP contribution in [0.4, 0.5) is 0 Å². The van der Waals surface area contributed by atoms with Gasteiger partial charge in [-0.25, -0.2) is 0 Å². The molecule has 0 aromatic heterocycles. The molecule has 0 amide bonds. The maximum atomic E-state index is 10.7. The van der Waals surface area contributed by atoms with Crippen molar-refractivity contribution < 1.29 is 44.3 Å². The van der Waals surface area contributed by atoms with Gasteiger partial charge in [0.2, 0.25) is 0 Å². The van der Waals surface area contributed by atoms with E-state index in [-0.39, 0.29) is 36.0 Å². The number of rotatable bonds is 3. The van der Waals surface area contributed by atoms with Gasteiger partial charge in [0.1, 0.15) is 5.97 Å². The zero-order valence-electron chi connectivity index (χ0n) is 7.32. The van der Waals surface area contributed by atoms with E-state index in [1.165, 1.54) is 0 Å². The first-order valence-corrected chi connectivity index (χ1v) is 3.48. The van der Waals surface area contributed by atoms with Crippen LogP contribution in [0.25, 0.3) is 0 Å². The number of aliphatic carboxylic acids is 1. The smallest absolute Gasteiger partial charge is 0.542 e. The minimum atomic E-state index is -1.63. The Bertz CT molecular complexity index is 295. The summed E-state index contributed by atoms with van der Waals surface area (Å²) in [6.45, 7) is 0. The van der Waals surface area contributed by atoms with E-state index < -0.39 is 11.8 Å². The number of carboxylic acid groups (broad SMARTS) is 1. The molecule has 0 N–H and O–H groups in total. The largest absolute Gasteiger partial charge is 1.00 e. The second-order valence-corrected chi connectivity index (χ2v) is 2.37. The molecule has 3 nitrogen and oxygen atoms in total. The third kappa shape index (κ3) is 4.22. The van der Waals surface area contributed by atoms with Crippen molar-refractivity contribution in [3.05, 3.63) is 35.9 Å². The number of carbonyl (C=O) groups is 2. The summed E-state index contributed by atoms with van der Waals surface area (Å²) in [6.07, 6.45) is -0.0941. The van der Waals surface area contributed by atoms with Crippen molar-refractivity contribution in [2.45, 2.75) is 6.42 Å². The maximum absolute atomic E-state index is 10.7. The predicted octanol–water partition coefficient (Wildman–Crippen LogP) is -3.45. The average Bonchev–Trinajstić information content (AvgIpc) is 2.06. The molecule has 0 aliphatic heterocycles. The molecule has 0 aliphatic carbocycles. The Labute approximate surface area is 98.1 Å². The average molecular weight is 187 g/mol. The Kier molecular flexibility index (Phi) is 5.62. The van der Waals surface area contributed by atoms with Gasteiger partial charge in [-0.1, -0.05) is 30.3 Å². The molecule has 13 heavy (non-hydrogen) atoms. The predicted molar refractivity (Wildman–Crippen MR) is 40.2 cm³/mol. The molecular formula is C9H7NaO3. The Morgan fingerprint density at radius 1 is 1.15 bits per heavy atom. The Morgan fingerprint density at radius 2 is 1.69 bits per heavy atom. The fraction of sp³-hybridized carbons (Fsp3) is 0.111. The van der Waals surface area contributed by atoms with Gasteiger partial charge in [-0.05, 0) is 5.56 Å². The van der Waals surface area contributed by atoms with Crippen LogP contribution in [0.2, 0.25) is 0 Å². The van der Waals surface area contributed by atoms with E-state index >= 15 is 0 Å². The van der Waals surface area contributed by atoms with E-state index in [2.05, 4.69) is 0 Å². The van der Waals surface area contributed by atoms with E-state index in [9.17, 15) is 14.7 Å². The van der Waals surface area contributed by atoms with Gasteiger partial charge in [-0.2, -0.15) is 0 Å². The number of carboxylic acids is 1. The fourth-order valence-electron chi connectivity index (χ4n) is 0.853. The summed E-state index contributed by atoms with van der Waals surface area (Å²) in [6, 6.07) is 8.68. The Hall–Kier alpha value is -0.640. The standard InChI is InChI=1S/C9H8O3.Na/c10-8(9(11)12)6-7-4-2-1-3-5-7;/h1-5H,6H2,(H,11,12);/q;+1/p-1/i7+1;. The topological polar surface area (TPSA) is 57.2 Å². The molecule has 0 saturated heterocycles. The summed E-state index contributed by atoms with van der Waals surface area (Å²) in [7, 11) is 0. The van der Waals surface area contributed by atoms with Crippen LogP contribution in [0.5, 0.6) is 0 Å². The summed E-state index contributed by atoms with van der Waals surface area (Å²) >= 11 is 0. The van der Waals surface area contributed by atoms with Crippen molar-refractivity contribution in [2.24, 2.45) is 0 Å². The normalized spacial score (nSPS) is 8.62. The Balaban J connectivity index is 0.00000144. The number of hydrogen-bond acceptors (Lipinski definition) is 3. The van der Waals surface area contributed by atoms with E-state index in [1.807, 2.05) is 0 Å². The number of ketones is 1. The van der Waals surface area contributed by atoms with Crippen LogP contribution in [-0.4, -0.2) is 11.8 Å². The molecular weight excluding hydrogens is 180 g/mol. The molecule has 0 atom stereocenters. The van der Waals surface area contributed by atoms with Crippen molar-refractivity contribution in [3.63, 3.8) is 0 Å². The minimum absolute atomic E-state index is 0. The van der Waals surface area contributed by atoms with Crippen molar-refractivity contribution in [1.29, 1.82) is 0 Å². The molecule has 4 heteroatoms. The minimum Gasteiger partial charge on any atom is -0.542 e. The first-order chi connectivity index (χ1) is 5.70.